The van der Waals surface area contributed by atoms with E-state index in [2.05, 4.69) is 9.55 Å². The number of aryl methyl sites for hydroxylation is 1. The molecule has 0 bridgehead atoms. The first-order valence-corrected chi connectivity index (χ1v) is 6.99. The molecular weight excluding hydrogens is 210 g/mol. The van der Waals surface area contributed by atoms with Crippen LogP contribution < -0.4 is 5.73 Å². The van der Waals surface area contributed by atoms with Crippen LogP contribution in [0.1, 0.15) is 50.8 Å². The first-order chi connectivity index (χ1) is 8.27. The van der Waals surface area contributed by atoms with Gasteiger partial charge in [-0.2, -0.15) is 0 Å². The smallest absolute Gasteiger partial charge is 0.109 e. The zero-order valence-corrected chi connectivity index (χ0v) is 10.9. The second-order valence-corrected chi connectivity index (χ2v) is 5.43. The van der Waals surface area contributed by atoms with Crippen molar-refractivity contribution in [3.8, 4) is 0 Å². The second kappa shape index (κ2) is 6.20. The number of hydrogen-bond donors (Lipinski definition) is 1. The third-order valence-electron chi connectivity index (χ3n) is 4.09. The van der Waals surface area contributed by atoms with Crippen LogP contribution in [0.4, 0.5) is 0 Å². The van der Waals surface area contributed by atoms with Crippen LogP contribution in [-0.4, -0.2) is 15.6 Å². The van der Waals surface area contributed by atoms with Crippen LogP contribution in [0, 0.1) is 5.92 Å². The fourth-order valence-corrected chi connectivity index (χ4v) is 2.89. The van der Waals surface area contributed by atoms with E-state index in [1.165, 1.54) is 44.9 Å². The highest BCUT2D eigenvalue weighted by atomic mass is 15.0. The first kappa shape index (κ1) is 12.6. The van der Waals surface area contributed by atoms with Crippen LogP contribution in [0.2, 0.25) is 0 Å². The molecule has 1 aliphatic carbocycles. The third kappa shape index (κ3) is 3.56. The minimum absolute atomic E-state index is 0.286. The maximum Gasteiger partial charge on any atom is 0.109 e. The summed E-state index contributed by atoms with van der Waals surface area (Å²) in [5, 5.41) is 0. The van der Waals surface area contributed by atoms with Gasteiger partial charge in [0.05, 0.1) is 0 Å². The first-order valence-electron chi connectivity index (χ1n) is 6.99. The molecule has 1 aromatic rings. The maximum absolute atomic E-state index is 6.38. The zero-order valence-electron chi connectivity index (χ0n) is 10.9. The Hall–Kier alpha value is -0.830. The molecule has 0 radical (unpaired) electrons. The molecular formula is C14H25N3. The molecule has 1 heterocycles. The number of nitrogens with two attached hydrogens (primary N) is 1. The summed E-state index contributed by atoms with van der Waals surface area (Å²) in [6, 6.07) is 0.286. The van der Waals surface area contributed by atoms with Crippen LogP contribution >= 0.6 is 0 Å². The van der Waals surface area contributed by atoms with E-state index in [9.17, 15) is 0 Å². The molecule has 2 N–H and O–H groups in total. The van der Waals surface area contributed by atoms with Crippen molar-refractivity contribution in [3.63, 3.8) is 0 Å². The van der Waals surface area contributed by atoms with E-state index in [4.69, 9.17) is 5.73 Å². The fourth-order valence-electron chi connectivity index (χ4n) is 2.89. The van der Waals surface area contributed by atoms with Crippen molar-refractivity contribution in [2.45, 2.75) is 57.4 Å². The molecule has 0 aromatic carbocycles. The van der Waals surface area contributed by atoms with E-state index in [1.807, 2.05) is 19.4 Å². The lowest BCUT2D eigenvalue weighted by Crippen LogP contribution is -2.33. The van der Waals surface area contributed by atoms with E-state index in [0.717, 1.165) is 12.2 Å². The van der Waals surface area contributed by atoms with Crippen molar-refractivity contribution in [2.24, 2.45) is 18.7 Å². The summed E-state index contributed by atoms with van der Waals surface area (Å²) < 4.78 is 2.09. The molecule has 3 heteroatoms. The molecule has 1 unspecified atom stereocenters. The number of aromatic nitrogens is 2. The van der Waals surface area contributed by atoms with Gasteiger partial charge >= 0.3 is 0 Å². The Bertz CT molecular complexity index is 324. The van der Waals surface area contributed by atoms with Crippen LogP contribution in [0.15, 0.2) is 12.4 Å². The molecule has 1 fully saturated rings. The summed E-state index contributed by atoms with van der Waals surface area (Å²) in [6.07, 6.45) is 14.3. The van der Waals surface area contributed by atoms with Crippen LogP contribution in [-0.2, 0) is 13.5 Å². The molecule has 0 aliphatic heterocycles. The Morgan fingerprint density at radius 3 is 2.53 bits per heavy atom. The number of hydrogen-bond acceptors (Lipinski definition) is 2. The highest BCUT2D eigenvalue weighted by molar-refractivity contribution is 4.95. The molecule has 1 saturated carbocycles. The molecule has 1 aliphatic rings. The van der Waals surface area contributed by atoms with Crippen LogP contribution in [0.5, 0.6) is 0 Å². The predicted octanol–water partition coefficient (Wildman–Crippen LogP) is 2.65. The van der Waals surface area contributed by atoms with Gasteiger partial charge in [-0.05, 0) is 18.8 Å². The van der Waals surface area contributed by atoms with Crippen LogP contribution in [0.25, 0.3) is 0 Å². The van der Waals surface area contributed by atoms with Gasteiger partial charge in [0.25, 0.3) is 0 Å². The minimum atomic E-state index is 0.286. The molecule has 0 spiro atoms. The van der Waals surface area contributed by atoms with Crippen molar-refractivity contribution >= 4 is 0 Å². The Kier molecular flexibility index (Phi) is 4.60. The monoisotopic (exact) mass is 235 g/mol. The highest BCUT2D eigenvalue weighted by Crippen LogP contribution is 2.25. The molecule has 0 amide bonds. The van der Waals surface area contributed by atoms with E-state index in [0.29, 0.717) is 5.92 Å². The van der Waals surface area contributed by atoms with E-state index in [1.54, 1.807) is 0 Å². The van der Waals surface area contributed by atoms with Crippen molar-refractivity contribution < 1.29 is 0 Å². The summed E-state index contributed by atoms with van der Waals surface area (Å²) in [5.41, 5.74) is 6.38. The van der Waals surface area contributed by atoms with Gasteiger partial charge in [0.2, 0.25) is 0 Å². The van der Waals surface area contributed by atoms with Gasteiger partial charge in [-0.25, -0.2) is 4.98 Å². The maximum atomic E-state index is 6.38. The lowest BCUT2D eigenvalue weighted by molar-refractivity contribution is 0.318. The molecule has 1 aromatic heterocycles. The number of nitrogens with zero attached hydrogens (tertiary/aromatic N) is 2. The van der Waals surface area contributed by atoms with Gasteiger partial charge in [-0.3, -0.25) is 0 Å². The summed E-state index contributed by atoms with van der Waals surface area (Å²) in [6.45, 7) is 0. The van der Waals surface area contributed by atoms with E-state index >= 15 is 0 Å². The quantitative estimate of drug-likeness (QED) is 0.875. The van der Waals surface area contributed by atoms with Gasteiger partial charge in [0.1, 0.15) is 5.82 Å². The van der Waals surface area contributed by atoms with Gasteiger partial charge < -0.3 is 10.3 Å². The van der Waals surface area contributed by atoms with Crippen molar-refractivity contribution in [1.29, 1.82) is 0 Å². The molecule has 0 saturated heterocycles. The fraction of sp³-hybridized carbons (Fsp3) is 0.786. The summed E-state index contributed by atoms with van der Waals surface area (Å²) >= 11 is 0. The number of rotatable bonds is 3. The predicted molar refractivity (Wildman–Crippen MR) is 70.7 cm³/mol. The van der Waals surface area contributed by atoms with Crippen molar-refractivity contribution in [2.75, 3.05) is 0 Å². The Morgan fingerprint density at radius 2 is 1.94 bits per heavy atom. The Labute approximate surface area is 104 Å². The largest absolute Gasteiger partial charge is 0.338 e. The average Bonchev–Trinajstić information content (AvgIpc) is 2.63. The average molecular weight is 235 g/mol. The third-order valence-corrected chi connectivity index (χ3v) is 4.09. The lowest BCUT2D eigenvalue weighted by Gasteiger charge is -2.25. The second-order valence-electron chi connectivity index (χ2n) is 5.43. The SMILES string of the molecule is Cn1ccnc1CC(N)C1CCCCCCC1. The van der Waals surface area contributed by atoms with Crippen LogP contribution in [0.3, 0.4) is 0 Å². The van der Waals surface area contributed by atoms with Gasteiger partial charge in [-0.15, -0.1) is 0 Å². The zero-order chi connectivity index (χ0) is 12.1. The molecule has 1 atom stereocenters. The van der Waals surface area contributed by atoms with Crippen molar-refractivity contribution in [3.05, 3.63) is 18.2 Å². The molecule has 3 nitrogen and oxygen atoms in total. The molecule has 2 rings (SSSR count). The lowest BCUT2D eigenvalue weighted by atomic mass is 9.85. The minimum Gasteiger partial charge on any atom is -0.338 e. The summed E-state index contributed by atoms with van der Waals surface area (Å²) in [4.78, 5) is 4.38. The van der Waals surface area contributed by atoms with Gasteiger partial charge in [-0.1, -0.05) is 32.1 Å². The van der Waals surface area contributed by atoms with E-state index in [-0.39, 0.29) is 6.04 Å². The van der Waals surface area contributed by atoms with Gasteiger partial charge in [0.15, 0.2) is 0 Å². The van der Waals surface area contributed by atoms with Gasteiger partial charge in [0, 0.05) is 31.9 Å². The Morgan fingerprint density at radius 1 is 1.29 bits per heavy atom. The number of imidazole rings is 1. The normalized spacial score (nSPS) is 20.8. The topological polar surface area (TPSA) is 43.8 Å². The standard InChI is InChI=1S/C14H25N3/c1-17-10-9-16-14(17)11-13(15)12-7-5-3-2-4-6-8-12/h9-10,12-13H,2-8,11,15H2,1H3. The van der Waals surface area contributed by atoms with Crippen molar-refractivity contribution in [1.82, 2.24) is 9.55 Å². The highest BCUT2D eigenvalue weighted by Gasteiger charge is 2.20. The summed E-state index contributed by atoms with van der Waals surface area (Å²) in [7, 11) is 2.05. The molecule has 96 valence electrons. The van der Waals surface area contributed by atoms with E-state index < -0.39 is 0 Å². The molecule has 17 heavy (non-hydrogen) atoms. The summed E-state index contributed by atoms with van der Waals surface area (Å²) in [5.74, 6) is 1.83. The Balaban J connectivity index is 1.89.